The van der Waals surface area contributed by atoms with Crippen molar-refractivity contribution in [2.24, 2.45) is 0 Å². The first-order valence-electron chi connectivity index (χ1n) is 9.38. The maximum atomic E-state index is 12.3. The minimum Gasteiger partial charge on any atom is -0.490 e. The molecule has 0 spiro atoms. The van der Waals surface area contributed by atoms with E-state index in [1.807, 2.05) is 13.0 Å². The largest absolute Gasteiger partial charge is 0.490 e. The lowest BCUT2D eigenvalue weighted by molar-refractivity contribution is 0.0258. The predicted molar refractivity (Wildman–Crippen MR) is 111 cm³/mol. The normalized spacial score (nSPS) is 15.5. The van der Waals surface area contributed by atoms with E-state index in [4.69, 9.17) is 9.47 Å². The average molecular weight is 417 g/mol. The lowest BCUT2D eigenvalue weighted by Gasteiger charge is -2.25. The van der Waals surface area contributed by atoms with Crippen LogP contribution in [-0.4, -0.2) is 43.4 Å². The van der Waals surface area contributed by atoms with Crippen LogP contribution in [0.5, 0.6) is 5.75 Å². The molecule has 4 rings (SSSR count). The summed E-state index contributed by atoms with van der Waals surface area (Å²) in [6.07, 6.45) is 6.05. The third-order valence-electron chi connectivity index (χ3n) is 4.90. The fraction of sp³-hybridized carbons (Fsp3) is 0.350. The van der Waals surface area contributed by atoms with Crippen LogP contribution in [0.1, 0.15) is 18.4 Å². The smallest absolute Gasteiger partial charge is 0.272 e. The van der Waals surface area contributed by atoms with Gasteiger partial charge in [0.05, 0.1) is 25.2 Å². The van der Waals surface area contributed by atoms with E-state index in [0.717, 1.165) is 30.4 Å². The number of benzene rings is 1. The van der Waals surface area contributed by atoms with Gasteiger partial charge in [0.15, 0.2) is 0 Å². The number of ether oxygens (including phenoxy) is 2. The molecule has 9 heteroatoms. The van der Waals surface area contributed by atoms with Crippen LogP contribution < -0.4 is 15.0 Å². The molecule has 154 valence electrons. The Kier molecular flexibility index (Phi) is 5.10. The highest BCUT2D eigenvalue weighted by Gasteiger charge is 2.20. The molecule has 0 amide bonds. The van der Waals surface area contributed by atoms with Crippen molar-refractivity contribution in [3.63, 3.8) is 0 Å². The molecule has 1 saturated heterocycles. The van der Waals surface area contributed by atoms with E-state index in [9.17, 15) is 13.2 Å². The summed E-state index contributed by atoms with van der Waals surface area (Å²) in [5.41, 5.74) is 3.07. The van der Waals surface area contributed by atoms with E-state index in [1.165, 1.54) is 0 Å². The molecule has 1 aromatic carbocycles. The number of aromatic nitrogens is 2. The maximum Gasteiger partial charge on any atom is 0.272 e. The van der Waals surface area contributed by atoms with Gasteiger partial charge < -0.3 is 18.9 Å². The van der Waals surface area contributed by atoms with Gasteiger partial charge in [-0.1, -0.05) is 0 Å². The first kappa shape index (κ1) is 19.5. The molecular formula is C20H23N3O5S. The Labute approximate surface area is 168 Å². The van der Waals surface area contributed by atoms with E-state index >= 15 is 0 Å². The van der Waals surface area contributed by atoms with Crippen molar-refractivity contribution in [2.75, 3.05) is 24.2 Å². The highest BCUT2D eigenvalue weighted by atomic mass is 32.2. The van der Waals surface area contributed by atoms with Gasteiger partial charge in [-0.15, -0.1) is 0 Å². The zero-order valence-electron chi connectivity index (χ0n) is 16.3. The number of hydrogen-bond donors (Lipinski definition) is 2. The number of sulfonamides is 1. The Balaban J connectivity index is 1.85. The molecule has 0 bridgehead atoms. The minimum absolute atomic E-state index is 0.0203. The molecule has 8 nitrogen and oxygen atoms in total. The Hall–Kier alpha value is -2.78. The lowest BCUT2D eigenvalue weighted by Crippen LogP contribution is -2.26. The summed E-state index contributed by atoms with van der Waals surface area (Å²) in [7, 11) is -3.43. The highest BCUT2D eigenvalue weighted by molar-refractivity contribution is 7.92. The molecule has 0 unspecified atom stereocenters. The number of nitrogens with zero attached hydrogens (tertiary/aromatic N) is 1. The second-order valence-electron chi connectivity index (χ2n) is 7.24. The topological polar surface area (TPSA) is 102 Å². The van der Waals surface area contributed by atoms with Crippen molar-refractivity contribution in [3.8, 4) is 17.0 Å². The van der Waals surface area contributed by atoms with Gasteiger partial charge in [0.1, 0.15) is 17.4 Å². The Morgan fingerprint density at radius 3 is 2.72 bits per heavy atom. The molecule has 3 heterocycles. The summed E-state index contributed by atoms with van der Waals surface area (Å²) >= 11 is 0. The molecule has 29 heavy (non-hydrogen) atoms. The number of nitrogens with one attached hydrogen (secondary N) is 2. The molecule has 2 aromatic heterocycles. The molecule has 1 aliphatic heterocycles. The summed E-state index contributed by atoms with van der Waals surface area (Å²) in [5, 5.41) is 0. The van der Waals surface area contributed by atoms with E-state index in [-0.39, 0.29) is 11.7 Å². The summed E-state index contributed by atoms with van der Waals surface area (Å²) < 4.78 is 39.4. The van der Waals surface area contributed by atoms with Gasteiger partial charge in [-0.05, 0) is 36.8 Å². The molecule has 0 radical (unpaired) electrons. The Morgan fingerprint density at radius 2 is 2.00 bits per heavy atom. The number of hydrogen-bond acceptors (Lipinski definition) is 5. The van der Waals surface area contributed by atoms with Gasteiger partial charge in [-0.3, -0.25) is 9.52 Å². The average Bonchev–Trinajstić information content (AvgIpc) is 3.00. The number of fused-ring (bicyclic) bond motifs is 1. The van der Waals surface area contributed by atoms with Gasteiger partial charge in [0.25, 0.3) is 5.56 Å². The van der Waals surface area contributed by atoms with Crippen LogP contribution in [0.15, 0.2) is 41.5 Å². The van der Waals surface area contributed by atoms with Crippen LogP contribution >= 0.6 is 0 Å². The van der Waals surface area contributed by atoms with Crippen molar-refractivity contribution in [2.45, 2.75) is 25.9 Å². The van der Waals surface area contributed by atoms with E-state index in [1.54, 1.807) is 35.0 Å². The van der Waals surface area contributed by atoms with Gasteiger partial charge >= 0.3 is 0 Å². The van der Waals surface area contributed by atoms with Crippen molar-refractivity contribution in [3.05, 3.63) is 52.6 Å². The first-order chi connectivity index (χ1) is 13.8. The third kappa shape index (κ3) is 4.15. The molecule has 0 aliphatic carbocycles. The number of rotatable bonds is 5. The van der Waals surface area contributed by atoms with Crippen molar-refractivity contribution in [1.82, 2.24) is 9.38 Å². The molecule has 0 atom stereocenters. The SMILES string of the molecule is Cc1cc(-c2cc(NS(C)(=O)=O)ccc2OC2CCOCC2)n2cc[nH]c(=O)c12. The molecule has 1 aliphatic rings. The number of aromatic amines is 1. The highest BCUT2D eigenvalue weighted by Crippen LogP contribution is 2.36. The Bertz CT molecular complexity index is 1210. The Morgan fingerprint density at radius 1 is 1.24 bits per heavy atom. The van der Waals surface area contributed by atoms with E-state index < -0.39 is 10.0 Å². The van der Waals surface area contributed by atoms with Crippen LogP contribution in [-0.2, 0) is 14.8 Å². The van der Waals surface area contributed by atoms with Gasteiger partial charge in [0, 0.05) is 36.5 Å². The molecule has 0 saturated carbocycles. The second kappa shape index (κ2) is 7.57. The standard InChI is InChI=1S/C20H23N3O5S/c1-13-11-17(23-8-7-21-20(24)19(13)23)16-12-14(22-29(2,25)26)3-4-18(16)28-15-5-9-27-10-6-15/h3-4,7-8,11-12,15,22H,5-6,9-10H2,1-2H3,(H,21,24). The van der Waals surface area contributed by atoms with Gasteiger partial charge in [0.2, 0.25) is 10.0 Å². The third-order valence-corrected chi connectivity index (χ3v) is 5.51. The van der Waals surface area contributed by atoms with Crippen molar-refractivity contribution in [1.29, 1.82) is 0 Å². The summed E-state index contributed by atoms with van der Waals surface area (Å²) in [6.45, 7) is 3.16. The number of H-pyrrole nitrogens is 1. The van der Waals surface area contributed by atoms with E-state index in [0.29, 0.717) is 35.7 Å². The second-order valence-corrected chi connectivity index (χ2v) is 8.98. The predicted octanol–water partition coefficient (Wildman–Crippen LogP) is 2.53. The van der Waals surface area contributed by atoms with Crippen LogP contribution in [0.3, 0.4) is 0 Å². The van der Waals surface area contributed by atoms with E-state index in [2.05, 4.69) is 9.71 Å². The first-order valence-corrected chi connectivity index (χ1v) is 11.3. The maximum absolute atomic E-state index is 12.3. The molecule has 2 N–H and O–H groups in total. The minimum atomic E-state index is -3.43. The monoisotopic (exact) mass is 417 g/mol. The number of aryl methyl sites for hydroxylation is 1. The van der Waals surface area contributed by atoms with Gasteiger partial charge in [-0.2, -0.15) is 0 Å². The quantitative estimate of drug-likeness (QED) is 0.664. The fourth-order valence-corrected chi connectivity index (χ4v) is 4.20. The summed E-state index contributed by atoms with van der Waals surface area (Å²) in [4.78, 5) is 15.0. The van der Waals surface area contributed by atoms with Crippen LogP contribution in [0, 0.1) is 6.92 Å². The van der Waals surface area contributed by atoms with Crippen LogP contribution in [0.2, 0.25) is 0 Å². The molecular weight excluding hydrogens is 394 g/mol. The summed E-state index contributed by atoms with van der Waals surface area (Å²) in [6, 6.07) is 7.08. The lowest BCUT2D eigenvalue weighted by atomic mass is 10.1. The van der Waals surface area contributed by atoms with Crippen LogP contribution in [0.4, 0.5) is 5.69 Å². The summed E-state index contributed by atoms with van der Waals surface area (Å²) in [5.74, 6) is 0.635. The number of anilines is 1. The van der Waals surface area contributed by atoms with Crippen molar-refractivity contribution < 1.29 is 17.9 Å². The van der Waals surface area contributed by atoms with Crippen LogP contribution in [0.25, 0.3) is 16.8 Å². The fourth-order valence-electron chi connectivity index (χ4n) is 3.64. The zero-order chi connectivity index (χ0) is 20.6. The molecule has 3 aromatic rings. The van der Waals surface area contributed by atoms with Gasteiger partial charge in [-0.25, -0.2) is 8.42 Å². The molecule has 1 fully saturated rings. The zero-order valence-corrected chi connectivity index (χ0v) is 17.1. The van der Waals surface area contributed by atoms with Crippen molar-refractivity contribution >= 4 is 21.2 Å².